The Bertz CT molecular complexity index is 675. The molecule has 23 heavy (non-hydrogen) atoms. The molecule has 2 aromatic rings. The largest absolute Gasteiger partial charge is 0.319 e. The Morgan fingerprint density at radius 3 is 2.78 bits per heavy atom. The Morgan fingerprint density at radius 1 is 1.35 bits per heavy atom. The summed E-state index contributed by atoms with van der Waals surface area (Å²) in [6.07, 6.45) is 1.44. The van der Waals surface area contributed by atoms with E-state index in [1.807, 2.05) is 18.5 Å². The smallest absolute Gasteiger partial charge is 0.225 e. The topological polar surface area (TPSA) is 54.0 Å². The average molecular weight is 372 g/mol. The van der Waals surface area contributed by atoms with Crippen LogP contribution in [0.2, 0.25) is 10.0 Å². The van der Waals surface area contributed by atoms with Gasteiger partial charge >= 0.3 is 0 Å². The first-order valence-corrected chi connectivity index (χ1v) is 9.02. The molecule has 0 fully saturated rings. The third-order valence-corrected chi connectivity index (χ3v) is 5.11. The van der Waals surface area contributed by atoms with Gasteiger partial charge in [-0.2, -0.15) is 0 Å². The number of nitrogens with one attached hydrogen (secondary N) is 2. The van der Waals surface area contributed by atoms with Crippen molar-refractivity contribution in [3.8, 4) is 10.6 Å². The van der Waals surface area contributed by atoms with E-state index in [1.165, 1.54) is 11.3 Å². The molecule has 0 aliphatic heterocycles. The van der Waals surface area contributed by atoms with E-state index in [0.717, 1.165) is 23.5 Å². The summed E-state index contributed by atoms with van der Waals surface area (Å²) in [7, 11) is 1.89. The van der Waals surface area contributed by atoms with Gasteiger partial charge in [-0.25, -0.2) is 4.98 Å². The molecular formula is C16H19Cl2N3OS. The summed E-state index contributed by atoms with van der Waals surface area (Å²) in [5.74, 6) is 0.881. The number of benzene rings is 1. The summed E-state index contributed by atoms with van der Waals surface area (Å²) in [6, 6.07) is 5.37. The molecule has 2 N–H and O–H groups in total. The van der Waals surface area contributed by atoms with Crippen LogP contribution in [0.15, 0.2) is 23.6 Å². The molecule has 1 heterocycles. The Kier molecular flexibility index (Phi) is 6.84. The van der Waals surface area contributed by atoms with Gasteiger partial charge in [0, 0.05) is 17.4 Å². The van der Waals surface area contributed by atoms with Gasteiger partial charge in [0.25, 0.3) is 0 Å². The number of carbonyl (C=O) groups excluding carboxylic acids is 1. The molecule has 0 spiro atoms. The Hall–Kier alpha value is -1.14. The highest BCUT2D eigenvalue weighted by Gasteiger charge is 2.13. The van der Waals surface area contributed by atoms with Crippen LogP contribution in [0.4, 0.5) is 5.82 Å². The standard InChI is InChI=1S/C16H19Cl2N3OS/c1-3-10(8-19-2)6-15(22)20-14-9-23-16(21-14)11-4-5-12(17)13(18)7-11/h4-5,7,9-10,19H,3,6,8H2,1-2H3,(H,20,22). The summed E-state index contributed by atoms with van der Waals surface area (Å²) < 4.78 is 0. The number of halogens is 2. The third kappa shape index (κ3) is 5.18. The second-order valence-electron chi connectivity index (χ2n) is 5.25. The van der Waals surface area contributed by atoms with Crippen LogP contribution in [-0.2, 0) is 4.79 Å². The fourth-order valence-corrected chi connectivity index (χ4v) is 3.25. The van der Waals surface area contributed by atoms with E-state index in [0.29, 0.717) is 28.2 Å². The van der Waals surface area contributed by atoms with E-state index in [9.17, 15) is 4.79 Å². The molecule has 0 aliphatic carbocycles. The van der Waals surface area contributed by atoms with Gasteiger partial charge in [-0.15, -0.1) is 11.3 Å². The van der Waals surface area contributed by atoms with Gasteiger partial charge in [-0.05, 0) is 31.6 Å². The summed E-state index contributed by atoms with van der Waals surface area (Å²) in [5.41, 5.74) is 0.881. The molecule has 1 aromatic heterocycles. The lowest BCUT2D eigenvalue weighted by atomic mass is 10.0. The minimum absolute atomic E-state index is 0.0157. The molecule has 0 bridgehead atoms. The van der Waals surface area contributed by atoms with Crippen molar-refractivity contribution in [3.05, 3.63) is 33.6 Å². The molecular weight excluding hydrogens is 353 g/mol. The molecule has 0 saturated heterocycles. The number of aromatic nitrogens is 1. The number of amides is 1. The van der Waals surface area contributed by atoms with E-state index in [2.05, 4.69) is 22.5 Å². The summed E-state index contributed by atoms with van der Waals surface area (Å²) >= 11 is 13.4. The van der Waals surface area contributed by atoms with Crippen molar-refractivity contribution in [3.63, 3.8) is 0 Å². The summed E-state index contributed by atoms with van der Waals surface area (Å²) in [5, 5.41) is 9.58. The van der Waals surface area contributed by atoms with Crippen LogP contribution < -0.4 is 10.6 Å². The fraction of sp³-hybridized carbons (Fsp3) is 0.375. The zero-order valence-corrected chi connectivity index (χ0v) is 15.4. The van der Waals surface area contributed by atoms with E-state index < -0.39 is 0 Å². The number of rotatable bonds is 7. The van der Waals surface area contributed by atoms with E-state index in [4.69, 9.17) is 23.2 Å². The van der Waals surface area contributed by atoms with Gasteiger partial charge in [0.05, 0.1) is 10.0 Å². The van der Waals surface area contributed by atoms with Crippen LogP contribution in [0.3, 0.4) is 0 Å². The Labute approximate surface area is 150 Å². The molecule has 1 atom stereocenters. The highest BCUT2D eigenvalue weighted by atomic mass is 35.5. The van der Waals surface area contributed by atoms with Crippen molar-refractivity contribution in [2.45, 2.75) is 19.8 Å². The van der Waals surface area contributed by atoms with Crippen LogP contribution in [0.5, 0.6) is 0 Å². The van der Waals surface area contributed by atoms with E-state index in [-0.39, 0.29) is 5.91 Å². The number of carbonyl (C=O) groups is 1. The van der Waals surface area contributed by atoms with Gasteiger partial charge in [0.1, 0.15) is 10.8 Å². The third-order valence-electron chi connectivity index (χ3n) is 3.48. The lowest BCUT2D eigenvalue weighted by Gasteiger charge is -2.13. The number of hydrogen-bond donors (Lipinski definition) is 2. The minimum Gasteiger partial charge on any atom is -0.319 e. The maximum atomic E-state index is 12.1. The molecule has 4 nitrogen and oxygen atoms in total. The van der Waals surface area contributed by atoms with Gasteiger partial charge in [-0.1, -0.05) is 42.6 Å². The van der Waals surface area contributed by atoms with Crippen molar-refractivity contribution in [2.75, 3.05) is 18.9 Å². The molecule has 1 unspecified atom stereocenters. The van der Waals surface area contributed by atoms with Crippen molar-refractivity contribution in [2.24, 2.45) is 5.92 Å². The minimum atomic E-state index is -0.0157. The van der Waals surface area contributed by atoms with Crippen LogP contribution in [-0.4, -0.2) is 24.5 Å². The quantitative estimate of drug-likeness (QED) is 0.741. The highest BCUT2D eigenvalue weighted by Crippen LogP contribution is 2.31. The molecule has 0 saturated carbocycles. The van der Waals surface area contributed by atoms with Gasteiger partial charge in [0.15, 0.2) is 0 Å². The summed E-state index contributed by atoms with van der Waals surface area (Å²) in [6.45, 7) is 2.91. The van der Waals surface area contributed by atoms with Crippen LogP contribution in [0.1, 0.15) is 19.8 Å². The monoisotopic (exact) mass is 371 g/mol. The van der Waals surface area contributed by atoms with Gasteiger partial charge in [0.2, 0.25) is 5.91 Å². The number of thiazole rings is 1. The van der Waals surface area contributed by atoms with Crippen molar-refractivity contribution in [1.82, 2.24) is 10.3 Å². The van der Waals surface area contributed by atoms with Gasteiger partial charge < -0.3 is 10.6 Å². The van der Waals surface area contributed by atoms with Crippen LogP contribution >= 0.6 is 34.5 Å². The van der Waals surface area contributed by atoms with Gasteiger partial charge in [-0.3, -0.25) is 4.79 Å². The Balaban J connectivity index is 2.01. The van der Waals surface area contributed by atoms with E-state index in [1.54, 1.807) is 12.1 Å². The van der Waals surface area contributed by atoms with Crippen molar-refractivity contribution in [1.29, 1.82) is 0 Å². The zero-order chi connectivity index (χ0) is 16.8. The van der Waals surface area contributed by atoms with Crippen LogP contribution in [0, 0.1) is 5.92 Å². The molecule has 1 aromatic carbocycles. The molecule has 2 rings (SSSR count). The SMILES string of the molecule is CCC(CNC)CC(=O)Nc1csc(-c2ccc(Cl)c(Cl)c2)n1. The first-order chi connectivity index (χ1) is 11.0. The normalized spacial score (nSPS) is 12.2. The zero-order valence-electron chi connectivity index (χ0n) is 13.0. The lowest BCUT2D eigenvalue weighted by molar-refractivity contribution is -0.117. The molecule has 7 heteroatoms. The molecule has 0 aliphatic rings. The number of anilines is 1. The maximum Gasteiger partial charge on any atom is 0.225 e. The Morgan fingerprint density at radius 2 is 2.13 bits per heavy atom. The summed E-state index contributed by atoms with van der Waals surface area (Å²) in [4.78, 5) is 16.5. The predicted molar refractivity (Wildman–Crippen MR) is 98.5 cm³/mol. The number of nitrogens with zero attached hydrogens (tertiary/aromatic N) is 1. The van der Waals surface area contributed by atoms with E-state index >= 15 is 0 Å². The average Bonchev–Trinajstić information content (AvgIpc) is 2.98. The van der Waals surface area contributed by atoms with Crippen LogP contribution in [0.25, 0.3) is 10.6 Å². The number of hydrogen-bond acceptors (Lipinski definition) is 4. The van der Waals surface area contributed by atoms with Crippen molar-refractivity contribution >= 4 is 46.3 Å². The highest BCUT2D eigenvalue weighted by molar-refractivity contribution is 7.13. The molecule has 1 amide bonds. The second-order valence-corrected chi connectivity index (χ2v) is 6.92. The second kappa shape index (κ2) is 8.64. The predicted octanol–water partition coefficient (Wildman–Crippen LogP) is 4.69. The molecule has 0 radical (unpaired) electrons. The van der Waals surface area contributed by atoms with Crippen molar-refractivity contribution < 1.29 is 4.79 Å². The molecule has 124 valence electrons. The first-order valence-electron chi connectivity index (χ1n) is 7.38. The maximum absolute atomic E-state index is 12.1. The lowest BCUT2D eigenvalue weighted by Crippen LogP contribution is -2.24. The first kappa shape index (κ1) is 18.2. The fourth-order valence-electron chi connectivity index (χ4n) is 2.20.